The normalized spacial score (nSPS) is 13.3. The van der Waals surface area contributed by atoms with E-state index in [9.17, 15) is 9.59 Å². The Morgan fingerprint density at radius 1 is 0.421 bits per heavy atom. The van der Waals surface area contributed by atoms with Gasteiger partial charge >= 0.3 is 0 Å². The van der Waals surface area contributed by atoms with E-state index in [4.69, 9.17) is 0 Å². The van der Waals surface area contributed by atoms with Crippen LogP contribution in [0, 0.1) is 0 Å². The largest absolute Gasteiger partial charge is 0.354 e. The molecule has 38 heavy (non-hydrogen) atoms. The van der Waals surface area contributed by atoms with Gasteiger partial charge in [0, 0.05) is 21.5 Å². The monoisotopic (exact) mass is 488 g/mol. The fourth-order valence-electron chi connectivity index (χ4n) is 6.71. The Labute approximate surface area is 216 Å². The van der Waals surface area contributed by atoms with Gasteiger partial charge in [-0.1, -0.05) is 48.5 Å². The maximum Gasteiger partial charge on any atom is 0.197 e. The highest BCUT2D eigenvalue weighted by Crippen LogP contribution is 2.39. The van der Waals surface area contributed by atoms with Crippen LogP contribution in [-0.4, -0.2) is 9.97 Å². The lowest BCUT2D eigenvalue weighted by atomic mass is 9.99. The van der Waals surface area contributed by atoms with Gasteiger partial charge in [0.15, 0.2) is 10.9 Å². The smallest absolute Gasteiger partial charge is 0.197 e. The maximum absolute atomic E-state index is 13.8. The fraction of sp³-hybridized carbons (Fsp3) is 0.0588. The van der Waals surface area contributed by atoms with Crippen molar-refractivity contribution in [1.82, 2.24) is 9.97 Å². The molecule has 4 heteroatoms. The molecule has 4 nitrogen and oxygen atoms in total. The van der Waals surface area contributed by atoms with Crippen LogP contribution in [-0.2, 0) is 12.8 Å². The highest BCUT2D eigenvalue weighted by Gasteiger charge is 2.22. The second-order valence-electron chi connectivity index (χ2n) is 10.6. The van der Waals surface area contributed by atoms with Crippen molar-refractivity contribution in [3.05, 3.63) is 128 Å². The number of nitrogens with one attached hydrogen (secondary N) is 2. The summed E-state index contributed by atoms with van der Waals surface area (Å²) in [6.07, 6.45) is 1.72. The summed E-state index contributed by atoms with van der Waals surface area (Å²) in [6, 6.07) is 28.7. The third kappa shape index (κ3) is 2.54. The van der Waals surface area contributed by atoms with Gasteiger partial charge in [-0.15, -0.1) is 0 Å². The van der Waals surface area contributed by atoms with Crippen LogP contribution in [0.5, 0.6) is 0 Å². The topological polar surface area (TPSA) is 65.7 Å². The van der Waals surface area contributed by atoms with Crippen molar-refractivity contribution in [3.8, 4) is 22.3 Å². The third-order valence-corrected chi connectivity index (χ3v) is 8.54. The minimum atomic E-state index is -0.0202. The summed E-state index contributed by atoms with van der Waals surface area (Å²) in [5, 5.41) is 2.51. The van der Waals surface area contributed by atoms with E-state index in [1.807, 2.05) is 36.4 Å². The molecule has 0 saturated heterocycles. The molecule has 5 aromatic carbocycles. The average Bonchev–Trinajstić information content (AvgIpc) is 3.48. The molecule has 0 unspecified atom stereocenters. The minimum absolute atomic E-state index is 0.0202. The number of aromatic nitrogens is 2. The Kier molecular flexibility index (Phi) is 3.64. The number of benzene rings is 5. The van der Waals surface area contributed by atoms with Gasteiger partial charge in [-0.2, -0.15) is 0 Å². The van der Waals surface area contributed by atoms with Gasteiger partial charge in [0.1, 0.15) is 0 Å². The molecule has 178 valence electrons. The van der Waals surface area contributed by atoms with E-state index in [1.165, 1.54) is 33.4 Å². The van der Waals surface area contributed by atoms with Gasteiger partial charge in [0.25, 0.3) is 0 Å². The number of hydrogen-bond acceptors (Lipinski definition) is 2. The van der Waals surface area contributed by atoms with Gasteiger partial charge < -0.3 is 9.97 Å². The predicted octanol–water partition coefficient (Wildman–Crippen LogP) is 6.82. The van der Waals surface area contributed by atoms with E-state index in [2.05, 4.69) is 58.5 Å². The molecule has 2 aliphatic rings. The zero-order valence-electron chi connectivity index (χ0n) is 20.3. The van der Waals surface area contributed by atoms with Crippen LogP contribution < -0.4 is 10.9 Å². The zero-order chi connectivity index (χ0) is 25.1. The van der Waals surface area contributed by atoms with E-state index in [1.54, 1.807) is 0 Å². The third-order valence-electron chi connectivity index (χ3n) is 8.54. The lowest BCUT2D eigenvalue weighted by molar-refractivity contribution is 1.26. The number of H-pyrrole nitrogens is 2. The molecule has 0 atom stereocenters. The first kappa shape index (κ1) is 20.1. The minimum Gasteiger partial charge on any atom is -0.354 e. The summed E-state index contributed by atoms with van der Waals surface area (Å²) < 4.78 is 0. The molecule has 0 bridgehead atoms. The number of aromatic amines is 2. The van der Waals surface area contributed by atoms with Crippen molar-refractivity contribution in [2.24, 2.45) is 0 Å². The van der Waals surface area contributed by atoms with E-state index >= 15 is 0 Å². The molecule has 0 aliphatic heterocycles. The number of fused-ring (bicyclic) bond motifs is 10. The Balaban J connectivity index is 1.31. The molecular weight excluding hydrogens is 468 g/mol. The highest BCUT2D eigenvalue weighted by atomic mass is 16.1. The van der Waals surface area contributed by atoms with Gasteiger partial charge in [-0.3, -0.25) is 9.59 Å². The van der Waals surface area contributed by atoms with Crippen molar-refractivity contribution in [1.29, 1.82) is 0 Å². The molecule has 0 fully saturated rings. The second kappa shape index (κ2) is 6.87. The SMILES string of the molecule is O=c1c2cc3c(cc2[nH]c2cc4c(=O)c5cc6c(cc5[nH]c4cc12)Cc1ccccc1-6)Cc1ccccc1-3. The molecule has 2 aromatic heterocycles. The molecular formula is C34H20N2O2. The summed E-state index contributed by atoms with van der Waals surface area (Å²) in [5.41, 5.74) is 12.6. The molecule has 0 amide bonds. The van der Waals surface area contributed by atoms with Crippen molar-refractivity contribution in [2.45, 2.75) is 12.8 Å². The molecule has 0 saturated carbocycles. The number of hydrogen-bond donors (Lipinski definition) is 2. The predicted molar refractivity (Wildman–Crippen MR) is 154 cm³/mol. The molecule has 2 aliphatic carbocycles. The molecule has 2 N–H and O–H groups in total. The fourth-order valence-corrected chi connectivity index (χ4v) is 6.71. The summed E-state index contributed by atoms with van der Waals surface area (Å²) in [5.74, 6) is 0. The summed E-state index contributed by atoms with van der Waals surface area (Å²) in [4.78, 5) is 34.5. The lowest BCUT2D eigenvalue weighted by Gasteiger charge is -2.10. The van der Waals surface area contributed by atoms with Crippen LogP contribution in [0.2, 0.25) is 0 Å². The van der Waals surface area contributed by atoms with Crippen LogP contribution in [0.3, 0.4) is 0 Å². The van der Waals surface area contributed by atoms with Gasteiger partial charge in [-0.25, -0.2) is 0 Å². The van der Waals surface area contributed by atoms with Gasteiger partial charge in [0.05, 0.1) is 22.1 Å². The quantitative estimate of drug-likeness (QED) is 0.230. The number of rotatable bonds is 0. The van der Waals surface area contributed by atoms with Gasteiger partial charge in [0.2, 0.25) is 0 Å². The maximum atomic E-state index is 13.8. The van der Waals surface area contributed by atoms with Gasteiger partial charge in [-0.05, 0) is 93.7 Å². The molecule has 2 heterocycles. The number of pyridine rings is 2. The summed E-state index contributed by atoms with van der Waals surface area (Å²) >= 11 is 0. The van der Waals surface area contributed by atoms with Crippen molar-refractivity contribution < 1.29 is 0 Å². The van der Waals surface area contributed by atoms with E-state index in [0.717, 1.165) is 35.0 Å². The molecule has 7 aromatic rings. The van der Waals surface area contributed by atoms with Crippen LogP contribution >= 0.6 is 0 Å². The lowest BCUT2D eigenvalue weighted by Crippen LogP contribution is -2.08. The molecule has 0 radical (unpaired) electrons. The Hall–Kier alpha value is -4.96. The van der Waals surface area contributed by atoms with E-state index < -0.39 is 0 Å². The standard InChI is InChI=1S/C34H20N2O2/c37-33-25-13-23-19(9-17-5-1-3-7-21(17)23)11-29(25)35-31-16-28-32(15-27(31)33)36-30-12-20-10-18-6-2-4-8-22(18)24(20)14-26(30)34(28)38/h1-8,11-16H,9-10H2,(H,35,37)(H,36,38). The van der Waals surface area contributed by atoms with E-state index in [0.29, 0.717) is 32.6 Å². The second-order valence-corrected chi connectivity index (χ2v) is 10.6. The van der Waals surface area contributed by atoms with Crippen molar-refractivity contribution in [3.63, 3.8) is 0 Å². The zero-order valence-corrected chi connectivity index (χ0v) is 20.3. The Bertz CT molecular complexity index is 2170. The van der Waals surface area contributed by atoms with Crippen LogP contribution in [0.4, 0.5) is 0 Å². The Morgan fingerprint density at radius 3 is 1.29 bits per heavy atom. The summed E-state index contributed by atoms with van der Waals surface area (Å²) in [7, 11) is 0. The van der Waals surface area contributed by atoms with Crippen LogP contribution in [0.15, 0.2) is 94.5 Å². The Morgan fingerprint density at radius 2 is 0.816 bits per heavy atom. The van der Waals surface area contributed by atoms with E-state index in [-0.39, 0.29) is 10.9 Å². The van der Waals surface area contributed by atoms with Crippen molar-refractivity contribution >= 4 is 43.6 Å². The first-order valence-electron chi connectivity index (χ1n) is 12.9. The van der Waals surface area contributed by atoms with Crippen molar-refractivity contribution in [2.75, 3.05) is 0 Å². The average molecular weight is 489 g/mol. The van der Waals surface area contributed by atoms with Crippen LogP contribution in [0.1, 0.15) is 22.3 Å². The molecule has 9 rings (SSSR count). The first-order chi connectivity index (χ1) is 18.6. The first-order valence-corrected chi connectivity index (χ1v) is 12.9. The summed E-state index contributed by atoms with van der Waals surface area (Å²) in [6.45, 7) is 0. The molecule has 0 spiro atoms. The highest BCUT2D eigenvalue weighted by molar-refractivity contribution is 6.04. The van der Waals surface area contributed by atoms with Crippen LogP contribution in [0.25, 0.3) is 65.9 Å².